The Morgan fingerprint density at radius 1 is 1.12 bits per heavy atom. The van der Waals surface area contributed by atoms with Gasteiger partial charge in [-0.15, -0.1) is 0 Å². The van der Waals surface area contributed by atoms with Gasteiger partial charge in [-0.25, -0.2) is 4.39 Å². The lowest BCUT2D eigenvalue weighted by Gasteiger charge is -2.35. The molecule has 0 unspecified atom stereocenters. The summed E-state index contributed by atoms with van der Waals surface area (Å²) in [6, 6.07) is 8.95. The normalized spacial score (nSPS) is 14.9. The summed E-state index contributed by atoms with van der Waals surface area (Å²) in [5.74, 6) is -0.566. The summed E-state index contributed by atoms with van der Waals surface area (Å²) in [4.78, 5) is 25.9. The van der Waals surface area contributed by atoms with E-state index >= 15 is 0 Å². The molecule has 1 aliphatic heterocycles. The van der Waals surface area contributed by atoms with Gasteiger partial charge in [0.2, 0.25) is 5.91 Å². The van der Waals surface area contributed by atoms with Crippen molar-refractivity contribution < 1.29 is 18.5 Å². The molecule has 8 heteroatoms. The van der Waals surface area contributed by atoms with E-state index in [-0.39, 0.29) is 23.4 Å². The molecule has 7 nitrogen and oxygen atoms in total. The van der Waals surface area contributed by atoms with Crippen molar-refractivity contribution in [1.82, 2.24) is 4.90 Å². The van der Waals surface area contributed by atoms with Crippen molar-refractivity contribution in [2.45, 2.75) is 0 Å². The first-order valence-corrected chi connectivity index (χ1v) is 7.74. The van der Waals surface area contributed by atoms with E-state index in [1.807, 2.05) is 0 Å². The second kappa shape index (κ2) is 7.16. The SMILES string of the molecule is O=C(/C=C/c1ccc([N+](=O)[O-])o1)N1CCN(c2ccc(F)cc2)CC1. The van der Waals surface area contributed by atoms with Gasteiger partial charge in [0.15, 0.2) is 0 Å². The highest BCUT2D eigenvalue weighted by molar-refractivity contribution is 5.91. The van der Waals surface area contributed by atoms with Crippen LogP contribution in [0.4, 0.5) is 16.0 Å². The van der Waals surface area contributed by atoms with Crippen LogP contribution in [0.3, 0.4) is 0 Å². The highest BCUT2D eigenvalue weighted by atomic mass is 19.1. The summed E-state index contributed by atoms with van der Waals surface area (Å²) in [5.41, 5.74) is 0.923. The van der Waals surface area contributed by atoms with Crippen molar-refractivity contribution in [2.24, 2.45) is 0 Å². The van der Waals surface area contributed by atoms with Crippen LogP contribution in [0, 0.1) is 15.9 Å². The topological polar surface area (TPSA) is 79.8 Å². The van der Waals surface area contributed by atoms with E-state index in [0.29, 0.717) is 26.2 Å². The second-order valence-electron chi connectivity index (χ2n) is 5.56. The Labute approximate surface area is 143 Å². The zero-order chi connectivity index (χ0) is 17.8. The monoisotopic (exact) mass is 345 g/mol. The largest absolute Gasteiger partial charge is 0.433 e. The number of carbonyl (C=O) groups excluding carboxylic acids is 1. The first kappa shape index (κ1) is 16.7. The minimum absolute atomic E-state index is 0.183. The molecule has 1 amide bonds. The molecule has 0 radical (unpaired) electrons. The van der Waals surface area contributed by atoms with Crippen LogP contribution in [0.2, 0.25) is 0 Å². The number of nitrogens with zero attached hydrogens (tertiary/aromatic N) is 3. The van der Waals surface area contributed by atoms with Crippen LogP contribution in [0.15, 0.2) is 46.9 Å². The molecule has 0 saturated carbocycles. The second-order valence-corrected chi connectivity index (χ2v) is 5.56. The van der Waals surface area contributed by atoms with Crippen LogP contribution < -0.4 is 4.90 Å². The van der Waals surface area contributed by atoms with Crippen LogP contribution in [-0.2, 0) is 4.79 Å². The number of carbonyl (C=O) groups is 1. The minimum atomic E-state index is -0.631. The van der Waals surface area contributed by atoms with E-state index in [2.05, 4.69) is 4.90 Å². The Morgan fingerprint density at radius 3 is 2.40 bits per heavy atom. The van der Waals surface area contributed by atoms with E-state index in [4.69, 9.17) is 4.42 Å². The van der Waals surface area contributed by atoms with Gasteiger partial charge in [0.25, 0.3) is 0 Å². The third kappa shape index (κ3) is 4.03. The molecular formula is C17H16FN3O4. The van der Waals surface area contributed by atoms with Crippen LogP contribution in [-0.4, -0.2) is 41.9 Å². The van der Waals surface area contributed by atoms with Gasteiger partial charge in [-0.05, 0) is 36.4 Å². The van der Waals surface area contributed by atoms with E-state index in [1.54, 1.807) is 17.0 Å². The zero-order valence-electron chi connectivity index (χ0n) is 13.3. The van der Waals surface area contributed by atoms with Crippen LogP contribution >= 0.6 is 0 Å². The number of halogens is 1. The minimum Gasteiger partial charge on any atom is -0.401 e. The van der Waals surface area contributed by atoms with Crippen molar-refractivity contribution >= 4 is 23.6 Å². The first-order valence-electron chi connectivity index (χ1n) is 7.74. The highest BCUT2D eigenvalue weighted by Crippen LogP contribution is 2.18. The van der Waals surface area contributed by atoms with Gasteiger partial charge in [-0.1, -0.05) is 0 Å². The van der Waals surface area contributed by atoms with E-state index in [0.717, 1.165) is 5.69 Å². The molecule has 1 aliphatic rings. The summed E-state index contributed by atoms with van der Waals surface area (Å²) >= 11 is 0. The molecule has 1 aromatic heterocycles. The van der Waals surface area contributed by atoms with Gasteiger partial charge in [0.05, 0.1) is 6.07 Å². The molecule has 1 saturated heterocycles. The Hall–Kier alpha value is -3.16. The fraction of sp³-hybridized carbons (Fsp3) is 0.235. The van der Waals surface area contributed by atoms with Gasteiger partial charge in [-0.3, -0.25) is 14.9 Å². The number of piperazine rings is 1. The number of rotatable bonds is 4. The number of furan rings is 1. The zero-order valence-corrected chi connectivity index (χ0v) is 13.3. The molecule has 130 valence electrons. The van der Waals surface area contributed by atoms with Crippen LogP contribution in [0.5, 0.6) is 0 Å². The van der Waals surface area contributed by atoms with E-state index in [1.165, 1.54) is 36.4 Å². The number of nitro groups is 1. The van der Waals surface area contributed by atoms with Crippen molar-refractivity contribution in [3.05, 3.63) is 64.2 Å². The maximum absolute atomic E-state index is 13.0. The molecule has 1 fully saturated rings. The Morgan fingerprint density at radius 2 is 1.80 bits per heavy atom. The first-order chi connectivity index (χ1) is 12.0. The van der Waals surface area contributed by atoms with Crippen LogP contribution in [0.1, 0.15) is 5.76 Å². The molecule has 0 aliphatic carbocycles. The van der Waals surface area contributed by atoms with Crippen molar-refractivity contribution in [2.75, 3.05) is 31.1 Å². The van der Waals surface area contributed by atoms with E-state index < -0.39 is 4.92 Å². The quantitative estimate of drug-likeness (QED) is 0.483. The average Bonchev–Trinajstić information content (AvgIpc) is 3.10. The molecule has 1 aromatic carbocycles. The summed E-state index contributed by atoms with van der Waals surface area (Å²) in [5, 5.41) is 10.6. The summed E-state index contributed by atoms with van der Waals surface area (Å²) in [6.45, 7) is 2.38. The van der Waals surface area contributed by atoms with Gasteiger partial charge >= 0.3 is 5.88 Å². The fourth-order valence-electron chi connectivity index (χ4n) is 2.63. The number of benzene rings is 1. The molecule has 2 aromatic rings. The van der Waals surface area contributed by atoms with Gasteiger partial charge in [-0.2, -0.15) is 0 Å². The van der Waals surface area contributed by atoms with Crippen molar-refractivity contribution in [3.63, 3.8) is 0 Å². The number of anilines is 1. The molecule has 0 atom stereocenters. The van der Waals surface area contributed by atoms with Crippen molar-refractivity contribution in [3.8, 4) is 0 Å². The number of hydrogen-bond donors (Lipinski definition) is 0. The van der Waals surface area contributed by atoms with Crippen LogP contribution in [0.25, 0.3) is 6.08 Å². The lowest BCUT2D eigenvalue weighted by Crippen LogP contribution is -2.48. The molecule has 0 spiro atoms. The summed E-state index contributed by atoms with van der Waals surface area (Å²) < 4.78 is 17.9. The van der Waals surface area contributed by atoms with Gasteiger partial charge in [0.1, 0.15) is 16.5 Å². The fourth-order valence-corrected chi connectivity index (χ4v) is 2.63. The predicted octanol–water partition coefficient (Wildman–Crippen LogP) is 2.69. The van der Waals surface area contributed by atoms with E-state index in [9.17, 15) is 19.3 Å². The molecule has 3 rings (SSSR count). The van der Waals surface area contributed by atoms with Crippen molar-refractivity contribution in [1.29, 1.82) is 0 Å². The average molecular weight is 345 g/mol. The lowest BCUT2D eigenvalue weighted by atomic mass is 10.2. The standard InChI is InChI=1S/C17H16FN3O4/c18-13-1-3-14(4-2-13)19-9-11-20(12-10-19)16(22)7-5-15-6-8-17(25-15)21(23)24/h1-8H,9-12H2/b7-5+. The lowest BCUT2D eigenvalue weighted by molar-refractivity contribution is -0.402. The summed E-state index contributed by atoms with van der Waals surface area (Å²) in [7, 11) is 0. The van der Waals surface area contributed by atoms with Gasteiger partial charge in [0, 0.05) is 37.9 Å². The molecule has 0 bridgehead atoms. The Balaban J connectivity index is 1.55. The smallest absolute Gasteiger partial charge is 0.401 e. The maximum Gasteiger partial charge on any atom is 0.433 e. The number of amides is 1. The Bertz CT molecular complexity index is 792. The predicted molar refractivity (Wildman–Crippen MR) is 89.6 cm³/mol. The molecule has 0 N–H and O–H groups in total. The van der Waals surface area contributed by atoms with Gasteiger partial charge < -0.3 is 14.2 Å². The molecule has 2 heterocycles. The highest BCUT2D eigenvalue weighted by Gasteiger charge is 2.20. The third-order valence-electron chi connectivity index (χ3n) is 3.97. The molecule has 25 heavy (non-hydrogen) atoms. The molecular weight excluding hydrogens is 329 g/mol. The number of hydrogen-bond acceptors (Lipinski definition) is 5. The summed E-state index contributed by atoms with van der Waals surface area (Å²) in [6.07, 6.45) is 2.76. The Kier molecular flexibility index (Phi) is 4.78. The third-order valence-corrected chi connectivity index (χ3v) is 3.97. The maximum atomic E-state index is 13.0.